The predicted molar refractivity (Wildman–Crippen MR) is 113 cm³/mol. The average Bonchev–Trinajstić information content (AvgIpc) is 3.07. The van der Waals surface area contributed by atoms with E-state index in [1.54, 1.807) is 10.7 Å². The molecule has 4 aromatic rings. The van der Waals surface area contributed by atoms with Gasteiger partial charge in [0.05, 0.1) is 16.4 Å². The third-order valence-corrected chi connectivity index (χ3v) is 5.17. The molecule has 0 fully saturated rings. The van der Waals surface area contributed by atoms with Gasteiger partial charge in [-0.05, 0) is 33.1 Å². The van der Waals surface area contributed by atoms with Crippen LogP contribution >= 0.6 is 27.5 Å². The van der Waals surface area contributed by atoms with Gasteiger partial charge in [-0.1, -0.05) is 54.1 Å². The largest absolute Gasteiger partial charge is 0.366 e. The van der Waals surface area contributed by atoms with Gasteiger partial charge in [-0.3, -0.25) is 0 Å². The fourth-order valence-electron chi connectivity index (χ4n) is 2.93. The fourth-order valence-corrected chi connectivity index (χ4v) is 3.51. The number of anilines is 1. The number of nitrogens with two attached hydrogens (primary N) is 1. The van der Waals surface area contributed by atoms with E-state index in [1.165, 1.54) is 0 Å². The van der Waals surface area contributed by atoms with Crippen LogP contribution in [0.25, 0.3) is 16.9 Å². The zero-order valence-electron chi connectivity index (χ0n) is 14.4. The molecule has 3 N–H and O–H groups in total. The molecular weight excluding hydrogens is 426 g/mol. The Balaban J connectivity index is 1.74. The van der Waals surface area contributed by atoms with E-state index in [0.717, 1.165) is 38.3 Å². The first-order valence-electron chi connectivity index (χ1n) is 8.46. The minimum absolute atomic E-state index is 0.524. The fraction of sp³-hybridized carbons (Fsp3) is 0.100. The van der Waals surface area contributed by atoms with E-state index in [4.69, 9.17) is 22.3 Å². The Morgan fingerprint density at radius 1 is 1.07 bits per heavy atom. The van der Waals surface area contributed by atoms with Crippen LogP contribution in [-0.2, 0) is 13.1 Å². The van der Waals surface area contributed by atoms with Crippen molar-refractivity contribution in [3.63, 3.8) is 0 Å². The van der Waals surface area contributed by atoms with Gasteiger partial charge in [0, 0.05) is 29.7 Å². The summed E-state index contributed by atoms with van der Waals surface area (Å²) >= 11 is 9.90. The maximum Gasteiger partial charge on any atom is 0.172 e. The highest BCUT2D eigenvalue weighted by Crippen LogP contribution is 2.30. The predicted octanol–water partition coefficient (Wildman–Crippen LogP) is 4.88. The maximum atomic E-state index is 6.38. The van der Waals surface area contributed by atoms with Gasteiger partial charge in [-0.25, -0.2) is 4.98 Å². The molecule has 0 amide bonds. The van der Waals surface area contributed by atoms with Gasteiger partial charge in [-0.2, -0.15) is 9.61 Å². The van der Waals surface area contributed by atoms with Crippen LogP contribution in [0.3, 0.4) is 0 Å². The van der Waals surface area contributed by atoms with Gasteiger partial charge in [0.25, 0.3) is 0 Å². The van der Waals surface area contributed by atoms with E-state index in [0.29, 0.717) is 18.1 Å². The normalized spacial score (nSPS) is 11.1. The molecule has 0 aliphatic carbocycles. The first-order chi connectivity index (χ1) is 13.2. The first kappa shape index (κ1) is 18.0. The van der Waals surface area contributed by atoms with Crippen LogP contribution in [0.4, 0.5) is 5.82 Å². The maximum absolute atomic E-state index is 6.38. The van der Waals surface area contributed by atoms with Gasteiger partial charge in [0.15, 0.2) is 5.65 Å². The molecule has 0 bridgehead atoms. The molecule has 0 spiro atoms. The quantitative estimate of drug-likeness (QED) is 0.462. The number of rotatable bonds is 5. The van der Waals surface area contributed by atoms with Crippen molar-refractivity contribution in [2.24, 2.45) is 5.73 Å². The molecule has 0 radical (unpaired) electrons. The lowest BCUT2D eigenvalue weighted by Crippen LogP contribution is -2.07. The molecule has 27 heavy (non-hydrogen) atoms. The van der Waals surface area contributed by atoms with E-state index in [9.17, 15) is 0 Å². The molecule has 2 heterocycles. The lowest BCUT2D eigenvalue weighted by atomic mass is 10.1. The van der Waals surface area contributed by atoms with Crippen molar-refractivity contribution in [3.05, 3.63) is 81.4 Å². The van der Waals surface area contributed by atoms with E-state index in [1.807, 2.05) is 42.5 Å². The molecule has 0 aliphatic heterocycles. The molecule has 136 valence electrons. The van der Waals surface area contributed by atoms with Crippen LogP contribution in [0.5, 0.6) is 0 Å². The molecule has 0 atom stereocenters. The van der Waals surface area contributed by atoms with Gasteiger partial charge in [0.2, 0.25) is 0 Å². The highest BCUT2D eigenvalue weighted by atomic mass is 79.9. The van der Waals surface area contributed by atoms with E-state index < -0.39 is 0 Å². The van der Waals surface area contributed by atoms with Crippen molar-refractivity contribution in [2.75, 3.05) is 5.32 Å². The summed E-state index contributed by atoms with van der Waals surface area (Å²) in [5.74, 6) is 0.832. The van der Waals surface area contributed by atoms with Crippen LogP contribution in [0, 0.1) is 0 Å². The monoisotopic (exact) mass is 441 g/mol. The number of nitrogens with zero attached hydrogens (tertiary/aromatic N) is 3. The number of nitrogens with one attached hydrogen (secondary N) is 1. The number of aromatic nitrogens is 3. The standard InChI is InChI=1S/C20H17BrClN5/c21-16-12-25-27-19(24-11-14-5-3-4-13(8-14)10-23)9-18(26-20(16)27)15-6-1-2-7-17(15)22/h1-9,12,24H,10-11,23H2. The van der Waals surface area contributed by atoms with Gasteiger partial charge in [-0.15, -0.1) is 0 Å². The Labute approximate surface area is 170 Å². The molecule has 5 nitrogen and oxygen atoms in total. The SMILES string of the molecule is NCc1cccc(CNc2cc(-c3ccccc3Cl)nc3c(Br)cnn23)c1. The zero-order chi connectivity index (χ0) is 18.8. The van der Waals surface area contributed by atoms with Crippen LogP contribution in [-0.4, -0.2) is 14.6 Å². The average molecular weight is 443 g/mol. The Kier molecular flexibility index (Phi) is 5.11. The second-order valence-electron chi connectivity index (χ2n) is 6.11. The summed E-state index contributed by atoms with van der Waals surface area (Å²) in [5, 5.41) is 8.53. The summed E-state index contributed by atoms with van der Waals surface area (Å²) in [5.41, 5.74) is 10.4. The number of hydrogen-bond acceptors (Lipinski definition) is 4. The summed E-state index contributed by atoms with van der Waals surface area (Å²) in [6.45, 7) is 1.17. The van der Waals surface area contributed by atoms with E-state index >= 15 is 0 Å². The third-order valence-electron chi connectivity index (χ3n) is 4.28. The molecule has 2 aromatic carbocycles. The molecular formula is C20H17BrClN5. The van der Waals surface area contributed by atoms with Crippen molar-refractivity contribution in [2.45, 2.75) is 13.1 Å². The number of benzene rings is 2. The Bertz CT molecular complexity index is 1110. The Morgan fingerprint density at radius 2 is 1.89 bits per heavy atom. The summed E-state index contributed by atoms with van der Waals surface area (Å²) in [6.07, 6.45) is 1.74. The summed E-state index contributed by atoms with van der Waals surface area (Å²) in [4.78, 5) is 4.72. The molecule has 7 heteroatoms. The molecule has 0 saturated heterocycles. The highest BCUT2D eigenvalue weighted by molar-refractivity contribution is 9.10. The van der Waals surface area contributed by atoms with Gasteiger partial charge < -0.3 is 11.1 Å². The molecule has 0 aliphatic rings. The van der Waals surface area contributed by atoms with Gasteiger partial charge in [0.1, 0.15) is 5.82 Å². The van der Waals surface area contributed by atoms with Crippen LogP contribution in [0.2, 0.25) is 5.02 Å². The lowest BCUT2D eigenvalue weighted by molar-refractivity contribution is 0.925. The second kappa shape index (κ2) is 7.68. The number of halogens is 2. The summed E-state index contributed by atoms with van der Waals surface area (Å²) in [7, 11) is 0. The number of fused-ring (bicyclic) bond motifs is 1. The molecule has 4 rings (SSSR count). The highest BCUT2D eigenvalue weighted by Gasteiger charge is 2.13. The summed E-state index contributed by atoms with van der Waals surface area (Å²) in [6, 6.07) is 17.8. The topological polar surface area (TPSA) is 68.2 Å². The Hall–Kier alpha value is -2.41. The van der Waals surface area contributed by atoms with Crippen molar-refractivity contribution < 1.29 is 0 Å². The Morgan fingerprint density at radius 3 is 2.70 bits per heavy atom. The molecule has 0 saturated carbocycles. The molecule has 0 unspecified atom stereocenters. The van der Waals surface area contributed by atoms with Crippen LogP contribution < -0.4 is 11.1 Å². The van der Waals surface area contributed by atoms with Crippen molar-refractivity contribution in [1.29, 1.82) is 0 Å². The van der Waals surface area contributed by atoms with Crippen LogP contribution in [0.15, 0.2) is 65.3 Å². The zero-order valence-corrected chi connectivity index (χ0v) is 16.7. The van der Waals surface area contributed by atoms with E-state index in [-0.39, 0.29) is 0 Å². The van der Waals surface area contributed by atoms with Gasteiger partial charge >= 0.3 is 0 Å². The van der Waals surface area contributed by atoms with Crippen molar-refractivity contribution in [3.8, 4) is 11.3 Å². The van der Waals surface area contributed by atoms with Crippen molar-refractivity contribution in [1.82, 2.24) is 14.6 Å². The summed E-state index contributed by atoms with van der Waals surface area (Å²) < 4.78 is 2.60. The minimum atomic E-state index is 0.524. The number of hydrogen-bond donors (Lipinski definition) is 2. The molecule has 2 aromatic heterocycles. The lowest BCUT2D eigenvalue weighted by Gasteiger charge is -2.12. The first-order valence-corrected chi connectivity index (χ1v) is 9.64. The van der Waals surface area contributed by atoms with Crippen molar-refractivity contribution >= 4 is 39.0 Å². The smallest absolute Gasteiger partial charge is 0.172 e. The minimum Gasteiger partial charge on any atom is -0.366 e. The second-order valence-corrected chi connectivity index (χ2v) is 7.37. The van der Waals surface area contributed by atoms with E-state index in [2.05, 4.69) is 38.5 Å². The third kappa shape index (κ3) is 3.69. The van der Waals surface area contributed by atoms with Crippen LogP contribution in [0.1, 0.15) is 11.1 Å².